The molecule has 0 spiro atoms. The van der Waals surface area contributed by atoms with Crippen LogP contribution in [0.25, 0.3) is 0 Å². The van der Waals surface area contributed by atoms with E-state index in [9.17, 15) is 19.2 Å². The first-order valence-corrected chi connectivity index (χ1v) is 9.63. The number of nitrogens with one attached hydrogen (secondary N) is 2. The fourth-order valence-electron chi connectivity index (χ4n) is 2.65. The van der Waals surface area contributed by atoms with E-state index >= 15 is 0 Å². The summed E-state index contributed by atoms with van der Waals surface area (Å²) in [7, 11) is 0. The van der Waals surface area contributed by atoms with E-state index in [1.54, 1.807) is 62.4 Å². The minimum absolute atomic E-state index is 0.107. The Morgan fingerprint density at radius 2 is 1.60 bits per heavy atom. The van der Waals surface area contributed by atoms with E-state index in [1.165, 1.54) is 11.0 Å². The molecule has 2 aromatic rings. The van der Waals surface area contributed by atoms with Crippen LogP contribution in [0.5, 0.6) is 0 Å². The Bertz CT molecular complexity index is 899. The Kier molecular flexibility index (Phi) is 8.56. The second-order valence-corrected chi connectivity index (χ2v) is 6.30. The van der Waals surface area contributed by atoms with Gasteiger partial charge in [-0.3, -0.25) is 14.4 Å². The number of benzene rings is 2. The molecule has 2 N–H and O–H groups in total. The molecule has 0 fully saturated rings. The lowest BCUT2D eigenvalue weighted by Crippen LogP contribution is -2.42. The van der Waals surface area contributed by atoms with Crippen LogP contribution in [0.15, 0.2) is 54.6 Å². The molecule has 2 rings (SSSR count). The molecule has 0 atom stereocenters. The van der Waals surface area contributed by atoms with Gasteiger partial charge in [-0.05, 0) is 38.1 Å². The second kappa shape index (κ2) is 11.4. The van der Waals surface area contributed by atoms with Crippen LogP contribution in [0.4, 0.5) is 5.69 Å². The number of likely N-dealkylation sites (N-methyl/N-ethyl adjacent to an activating group) is 2. The van der Waals surface area contributed by atoms with Crippen LogP contribution in [0.1, 0.15) is 34.6 Å². The van der Waals surface area contributed by atoms with Crippen molar-refractivity contribution in [3.8, 4) is 0 Å². The molecule has 0 saturated heterocycles. The first-order chi connectivity index (χ1) is 14.5. The van der Waals surface area contributed by atoms with Crippen molar-refractivity contribution in [1.29, 1.82) is 0 Å². The number of ether oxygens (including phenoxy) is 1. The van der Waals surface area contributed by atoms with Gasteiger partial charge in [0.15, 0.2) is 6.61 Å². The lowest BCUT2D eigenvalue weighted by atomic mass is 10.1. The zero-order chi connectivity index (χ0) is 21.9. The zero-order valence-electron chi connectivity index (χ0n) is 17.0. The van der Waals surface area contributed by atoms with Gasteiger partial charge in [0, 0.05) is 18.7 Å². The van der Waals surface area contributed by atoms with Crippen molar-refractivity contribution in [2.45, 2.75) is 13.8 Å². The molecule has 0 radical (unpaired) electrons. The van der Waals surface area contributed by atoms with E-state index in [0.29, 0.717) is 18.7 Å². The number of carbonyl (C=O) groups is 4. The van der Waals surface area contributed by atoms with E-state index in [0.717, 1.165) is 0 Å². The monoisotopic (exact) mass is 411 g/mol. The summed E-state index contributed by atoms with van der Waals surface area (Å²) in [5, 5.41) is 5.30. The number of hydrogen-bond donors (Lipinski definition) is 2. The number of rotatable bonds is 9. The third kappa shape index (κ3) is 6.44. The standard InChI is InChI=1S/C22H25N3O5/c1-3-23-19(26)14-25(4-2)20(27)15-30-22(29)17-12-8-9-13-18(17)24-21(28)16-10-6-5-7-11-16/h5-13H,3-4,14-15H2,1-2H3,(H,23,26)(H,24,28). The Morgan fingerprint density at radius 1 is 0.933 bits per heavy atom. The largest absolute Gasteiger partial charge is 0.452 e. The van der Waals surface area contributed by atoms with Gasteiger partial charge >= 0.3 is 5.97 Å². The molecule has 0 saturated carbocycles. The zero-order valence-corrected chi connectivity index (χ0v) is 17.0. The van der Waals surface area contributed by atoms with Crippen molar-refractivity contribution in [2.24, 2.45) is 0 Å². The maximum atomic E-state index is 12.5. The number of hydrogen-bond acceptors (Lipinski definition) is 5. The smallest absolute Gasteiger partial charge is 0.340 e. The molecular formula is C22H25N3O5. The second-order valence-electron chi connectivity index (χ2n) is 6.30. The predicted octanol–water partition coefficient (Wildman–Crippen LogP) is 2.08. The van der Waals surface area contributed by atoms with E-state index in [1.807, 2.05) is 0 Å². The van der Waals surface area contributed by atoms with E-state index < -0.39 is 18.5 Å². The van der Waals surface area contributed by atoms with Crippen molar-refractivity contribution in [2.75, 3.05) is 31.6 Å². The molecule has 0 bridgehead atoms. The molecule has 0 aliphatic heterocycles. The first kappa shape index (κ1) is 22.6. The van der Waals surface area contributed by atoms with Gasteiger partial charge in [-0.1, -0.05) is 30.3 Å². The maximum absolute atomic E-state index is 12.5. The highest BCUT2D eigenvalue weighted by Crippen LogP contribution is 2.17. The molecule has 30 heavy (non-hydrogen) atoms. The Morgan fingerprint density at radius 3 is 2.27 bits per heavy atom. The molecule has 0 aliphatic rings. The molecule has 2 aromatic carbocycles. The highest BCUT2D eigenvalue weighted by molar-refractivity contribution is 6.08. The molecule has 8 nitrogen and oxygen atoms in total. The Labute approximate surface area is 175 Å². The van der Waals surface area contributed by atoms with Crippen molar-refractivity contribution in [1.82, 2.24) is 10.2 Å². The minimum Gasteiger partial charge on any atom is -0.452 e. The SMILES string of the molecule is CCNC(=O)CN(CC)C(=O)COC(=O)c1ccccc1NC(=O)c1ccccc1. The van der Waals surface area contributed by atoms with Crippen LogP contribution in [-0.2, 0) is 14.3 Å². The third-order valence-corrected chi connectivity index (χ3v) is 4.20. The third-order valence-electron chi connectivity index (χ3n) is 4.20. The highest BCUT2D eigenvalue weighted by Gasteiger charge is 2.20. The summed E-state index contributed by atoms with van der Waals surface area (Å²) >= 11 is 0. The van der Waals surface area contributed by atoms with Crippen molar-refractivity contribution >= 4 is 29.4 Å². The average Bonchev–Trinajstić information content (AvgIpc) is 2.76. The van der Waals surface area contributed by atoms with E-state index in [-0.39, 0.29) is 29.6 Å². The summed E-state index contributed by atoms with van der Waals surface area (Å²) in [4.78, 5) is 50.2. The number of para-hydroxylation sites is 1. The van der Waals surface area contributed by atoms with Gasteiger partial charge in [0.1, 0.15) is 0 Å². The van der Waals surface area contributed by atoms with Crippen LogP contribution in [-0.4, -0.2) is 54.8 Å². The van der Waals surface area contributed by atoms with Gasteiger partial charge in [-0.25, -0.2) is 4.79 Å². The van der Waals surface area contributed by atoms with Gasteiger partial charge in [-0.15, -0.1) is 0 Å². The van der Waals surface area contributed by atoms with Gasteiger partial charge < -0.3 is 20.3 Å². The molecule has 158 valence electrons. The summed E-state index contributed by atoms with van der Waals surface area (Å²) in [6, 6.07) is 15.0. The van der Waals surface area contributed by atoms with Crippen LogP contribution >= 0.6 is 0 Å². The lowest BCUT2D eigenvalue weighted by Gasteiger charge is -2.20. The fourth-order valence-corrected chi connectivity index (χ4v) is 2.65. The van der Waals surface area contributed by atoms with Gasteiger partial charge in [0.2, 0.25) is 5.91 Å². The van der Waals surface area contributed by atoms with Crippen LogP contribution < -0.4 is 10.6 Å². The summed E-state index contributed by atoms with van der Waals surface area (Å²) in [5.41, 5.74) is 0.847. The lowest BCUT2D eigenvalue weighted by molar-refractivity contribution is -0.138. The van der Waals surface area contributed by atoms with Crippen LogP contribution in [0.3, 0.4) is 0 Å². The number of amides is 3. The van der Waals surface area contributed by atoms with Gasteiger partial charge in [0.05, 0.1) is 17.8 Å². The summed E-state index contributed by atoms with van der Waals surface area (Å²) in [6.07, 6.45) is 0. The average molecular weight is 411 g/mol. The fraction of sp³-hybridized carbons (Fsp3) is 0.273. The normalized spacial score (nSPS) is 10.1. The highest BCUT2D eigenvalue weighted by atomic mass is 16.5. The minimum atomic E-state index is -0.749. The van der Waals surface area contributed by atoms with E-state index in [2.05, 4.69) is 10.6 Å². The van der Waals surface area contributed by atoms with Crippen molar-refractivity contribution < 1.29 is 23.9 Å². The molecule has 3 amide bonds. The quantitative estimate of drug-likeness (QED) is 0.615. The number of nitrogens with zero attached hydrogens (tertiary/aromatic N) is 1. The molecule has 0 aromatic heterocycles. The summed E-state index contributed by atoms with van der Waals surface area (Å²) < 4.78 is 5.13. The number of esters is 1. The van der Waals surface area contributed by atoms with Gasteiger partial charge in [0.25, 0.3) is 11.8 Å². The molecular weight excluding hydrogens is 386 g/mol. The molecule has 0 unspecified atom stereocenters. The van der Waals surface area contributed by atoms with Crippen LogP contribution in [0.2, 0.25) is 0 Å². The first-order valence-electron chi connectivity index (χ1n) is 9.63. The number of anilines is 1. The molecule has 0 aliphatic carbocycles. The van der Waals surface area contributed by atoms with Crippen LogP contribution in [0, 0.1) is 0 Å². The maximum Gasteiger partial charge on any atom is 0.340 e. The Hall–Kier alpha value is -3.68. The van der Waals surface area contributed by atoms with E-state index in [4.69, 9.17) is 4.74 Å². The topological polar surface area (TPSA) is 105 Å². The molecule has 0 heterocycles. The Balaban J connectivity index is 2.01. The van der Waals surface area contributed by atoms with Crippen molar-refractivity contribution in [3.05, 3.63) is 65.7 Å². The predicted molar refractivity (Wildman–Crippen MR) is 112 cm³/mol. The number of carbonyl (C=O) groups excluding carboxylic acids is 4. The van der Waals surface area contributed by atoms with Crippen molar-refractivity contribution in [3.63, 3.8) is 0 Å². The summed E-state index contributed by atoms with van der Waals surface area (Å²) in [6.45, 7) is 3.67. The van der Waals surface area contributed by atoms with Gasteiger partial charge in [-0.2, -0.15) is 0 Å². The molecule has 8 heteroatoms. The summed E-state index contributed by atoms with van der Waals surface area (Å²) in [5.74, 6) is -1.89.